The summed E-state index contributed by atoms with van der Waals surface area (Å²) in [5.74, 6) is 1.10. The summed E-state index contributed by atoms with van der Waals surface area (Å²) in [6, 6.07) is 8.63. The van der Waals surface area contributed by atoms with E-state index in [-0.39, 0.29) is 0 Å². The zero-order valence-corrected chi connectivity index (χ0v) is 16.4. The highest BCUT2D eigenvalue weighted by atomic mass is 32.2. The molecule has 4 nitrogen and oxygen atoms in total. The predicted molar refractivity (Wildman–Crippen MR) is 106 cm³/mol. The molecule has 0 spiro atoms. The molecule has 1 aromatic rings. The molecule has 0 radical (unpaired) electrons. The molecule has 1 aromatic carbocycles. The average Bonchev–Trinajstić information content (AvgIpc) is 2.69. The van der Waals surface area contributed by atoms with Crippen LogP contribution in [0.3, 0.4) is 0 Å². The summed E-state index contributed by atoms with van der Waals surface area (Å²) >= 11 is 0. The summed E-state index contributed by atoms with van der Waals surface area (Å²) in [5, 5.41) is 0. The smallest absolute Gasteiger partial charge is 0.240 e. The molecule has 0 unspecified atom stereocenters. The summed E-state index contributed by atoms with van der Waals surface area (Å²) < 4.78 is 27.6. The normalized spacial score (nSPS) is 23.7. The summed E-state index contributed by atoms with van der Waals surface area (Å²) in [6.07, 6.45) is 12.7. The third-order valence-electron chi connectivity index (χ3n) is 5.59. The number of nitrogens with one attached hydrogen (secondary N) is 1. The van der Waals surface area contributed by atoms with Crippen LogP contribution in [0.25, 0.3) is 0 Å². The molecule has 1 saturated carbocycles. The Morgan fingerprint density at radius 2 is 1.92 bits per heavy atom. The first-order valence-corrected chi connectivity index (χ1v) is 11.3. The van der Waals surface area contributed by atoms with Crippen molar-refractivity contribution in [3.63, 3.8) is 0 Å². The second kappa shape index (κ2) is 8.87. The Hall–Kier alpha value is -1.59. The summed E-state index contributed by atoms with van der Waals surface area (Å²) in [5.41, 5.74) is 1.42. The maximum Gasteiger partial charge on any atom is 0.240 e. The van der Waals surface area contributed by atoms with Crippen LogP contribution in [0.1, 0.15) is 39.0 Å². The van der Waals surface area contributed by atoms with Crippen molar-refractivity contribution in [1.29, 1.82) is 0 Å². The molecule has 1 heterocycles. The van der Waals surface area contributed by atoms with Crippen molar-refractivity contribution in [2.75, 3.05) is 19.6 Å². The number of hydrogen-bond acceptors (Lipinski definition) is 3. The highest BCUT2D eigenvalue weighted by Gasteiger charge is 2.28. The van der Waals surface area contributed by atoms with Gasteiger partial charge < -0.3 is 4.90 Å². The Balaban J connectivity index is 1.61. The van der Waals surface area contributed by atoms with Gasteiger partial charge in [-0.25, -0.2) is 13.1 Å². The lowest BCUT2D eigenvalue weighted by Crippen LogP contribution is -2.30. The maximum atomic E-state index is 12.4. The van der Waals surface area contributed by atoms with E-state index in [2.05, 4.69) is 34.9 Å². The van der Waals surface area contributed by atoms with E-state index >= 15 is 0 Å². The van der Waals surface area contributed by atoms with E-state index in [4.69, 9.17) is 0 Å². The molecule has 2 atom stereocenters. The molecule has 0 saturated heterocycles. The van der Waals surface area contributed by atoms with Crippen LogP contribution in [0.4, 0.5) is 0 Å². The molecule has 142 valence electrons. The van der Waals surface area contributed by atoms with Crippen LogP contribution < -0.4 is 4.72 Å². The van der Waals surface area contributed by atoms with Gasteiger partial charge in [0.1, 0.15) is 0 Å². The number of likely N-dealkylation sites (N-methyl/N-ethyl adjacent to an activating group) is 1. The fourth-order valence-electron chi connectivity index (χ4n) is 4.12. The largest absolute Gasteiger partial charge is 0.374 e. The Morgan fingerprint density at radius 1 is 1.15 bits per heavy atom. The van der Waals surface area contributed by atoms with Gasteiger partial charge in [0.05, 0.1) is 4.90 Å². The van der Waals surface area contributed by atoms with Gasteiger partial charge in [-0.1, -0.05) is 43.2 Å². The van der Waals surface area contributed by atoms with E-state index in [0.29, 0.717) is 23.3 Å². The molecule has 1 N–H and O–H groups in total. The van der Waals surface area contributed by atoms with Gasteiger partial charge in [0.2, 0.25) is 10.0 Å². The third-order valence-corrected chi connectivity index (χ3v) is 7.06. The Bertz CT molecular complexity index is 741. The van der Waals surface area contributed by atoms with Crippen molar-refractivity contribution in [1.82, 2.24) is 9.62 Å². The minimum absolute atomic E-state index is 0.344. The van der Waals surface area contributed by atoms with Crippen molar-refractivity contribution in [2.24, 2.45) is 11.8 Å². The topological polar surface area (TPSA) is 49.4 Å². The summed E-state index contributed by atoms with van der Waals surface area (Å²) in [4.78, 5) is 2.69. The minimum Gasteiger partial charge on any atom is -0.374 e. The van der Waals surface area contributed by atoms with E-state index in [9.17, 15) is 8.42 Å². The number of nitrogens with zero attached hydrogens (tertiary/aromatic N) is 1. The van der Waals surface area contributed by atoms with Crippen molar-refractivity contribution in [2.45, 2.75) is 43.9 Å². The lowest BCUT2D eigenvalue weighted by molar-refractivity contribution is 0.256. The molecule has 3 rings (SSSR count). The second-order valence-corrected chi connectivity index (χ2v) is 9.04. The van der Waals surface area contributed by atoms with Crippen LogP contribution in [0.2, 0.25) is 0 Å². The molecule has 0 aromatic heterocycles. The summed E-state index contributed by atoms with van der Waals surface area (Å²) in [6.45, 7) is 4.72. The first-order chi connectivity index (χ1) is 12.6. The third kappa shape index (κ3) is 4.77. The van der Waals surface area contributed by atoms with E-state index in [1.807, 2.05) is 6.07 Å². The van der Waals surface area contributed by atoms with E-state index in [1.54, 1.807) is 24.3 Å². The number of sulfonamides is 1. The van der Waals surface area contributed by atoms with Gasteiger partial charge in [0.15, 0.2) is 0 Å². The lowest BCUT2D eigenvalue weighted by atomic mass is 9.73. The van der Waals surface area contributed by atoms with Gasteiger partial charge in [-0.3, -0.25) is 0 Å². The van der Waals surface area contributed by atoms with Gasteiger partial charge in [-0.15, -0.1) is 0 Å². The molecular formula is C21H30N2O2S. The monoisotopic (exact) mass is 374 g/mol. The molecule has 0 amide bonds. The van der Waals surface area contributed by atoms with Gasteiger partial charge in [-0.2, -0.15) is 0 Å². The quantitative estimate of drug-likeness (QED) is 0.786. The van der Waals surface area contributed by atoms with Crippen LogP contribution in [0.5, 0.6) is 0 Å². The Morgan fingerprint density at radius 3 is 2.69 bits per heavy atom. The molecule has 26 heavy (non-hydrogen) atoms. The van der Waals surface area contributed by atoms with E-state index in [0.717, 1.165) is 19.5 Å². The van der Waals surface area contributed by atoms with Crippen molar-refractivity contribution in [3.05, 3.63) is 54.3 Å². The van der Waals surface area contributed by atoms with Crippen LogP contribution in [-0.2, 0) is 10.0 Å². The second-order valence-electron chi connectivity index (χ2n) is 7.27. The van der Waals surface area contributed by atoms with Gasteiger partial charge in [-0.05, 0) is 55.7 Å². The van der Waals surface area contributed by atoms with Crippen LogP contribution in [-0.4, -0.2) is 33.0 Å². The fourth-order valence-corrected chi connectivity index (χ4v) is 5.19. The minimum atomic E-state index is -3.40. The Labute approximate surface area is 158 Å². The Kier molecular flexibility index (Phi) is 6.54. The van der Waals surface area contributed by atoms with Crippen molar-refractivity contribution in [3.8, 4) is 0 Å². The first-order valence-electron chi connectivity index (χ1n) is 9.77. The number of hydrogen-bond donors (Lipinski definition) is 1. The van der Waals surface area contributed by atoms with E-state index < -0.39 is 10.0 Å². The van der Waals surface area contributed by atoms with Gasteiger partial charge in [0.25, 0.3) is 0 Å². The van der Waals surface area contributed by atoms with Crippen LogP contribution in [0, 0.1) is 11.8 Å². The number of benzene rings is 1. The maximum absolute atomic E-state index is 12.4. The molecule has 1 fully saturated rings. The molecule has 0 bridgehead atoms. The molecule has 5 heteroatoms. The van der Waals surface area contributed by atoms with Crippen LogP contribution in [0.15, 0.2) is 59.2 Å². The van der Waals surface area contributed by atoms with Crippen LogP contribution >= 0.6 is 0 Å². The van der Waals surface area contributed by atoms with Crippen molar-refractivity contribution >= 4 is 10.0 Å². The predicted octanol–water partition coefficient (Wildman–Crippen LogP) is 3.94. The summed E-state index contributed by atoms with van der Waals surface area (Å²) in [7, 11) is -3.40. The van der Waals surface area contributed by atoms with Crippen molar-refractivity contribution < 1.29 is 8.42 Å². The van der Waals surface area contributed by atoms with Gasteiger partial charge in [0, 0.05) is 25.8 Å². The standard InChI is InChI=1S/C21H30N2O2S/c1-2-23-16-8-10-19(17-23)21-13-7-6-9-18(21)14-15-22-26(24,25)20-11-4-3-5-12-20/h3-5,8,10-12,17-18,21-22H,2,6-7,9,13-16H2,1H3/t18-,21+/m0/s1. The lowest BCUT2D eigenvalue weighted by Gasteiger charge is -2.35. The fraction of sp³-hybridized carbons (Fsp3) is 0.524. The molecule has 2 aliphatic rings. The first kappa shape index (κ1) is 19.2. The van der Waals surface area contributed by atoms with E-state index in [1.165, 1.54) is 31.3 Å². The SMILES string of the molecule is CCN1C=C([C@@H]2CCCC[C@H]2CCNS(=O)(=O)c2ccccc2)C=CC1. The van der Waals surface area contributed by atoms with Gasteiger partial charge >= 0.3 is 0 Å². The molecular weight excluding hydrogens is 344 g/mol. The molecule has 1 aliphatic carbocycles. The highest BCUT2D eigenvalue weighted by Crippen LogP contribution is 2.38. The number of allylic oxidation sites excluding steroid dienone is 2. The molecule has 1 aliphatic heterocycles. The average molecular weight is 375 g/mol. The zero-order valence-electron chi connectivity index (χ0n) is 15.6. The zero-order chi connectivity index (χ0) is 18.4. The number of rotatable bonds is 7. The highest BCUT2D eigenvalue weighted by molar-refractivity contribution is 7.89.